The number of fused-ring (bicyclic) bond motifs is 1. The number of rotatable bonds is 9. The Balaban J connectivity index is 1.77. The van der Waals surface area contributed by atoms with E-state index in [-0.39, 0.29) is 31.4 Å². The number of benzene rings is 2. The number of hydrogen-bond donors (Lipinski definition) is 2. The first kappa shape index (κ1) is 23.1. The highest BCUT2D eigenvalue weighted by molar-refractivity contribution is 5.93. The molecule has 3 rings (SSSR count). The van der Waals surface area contributed by atoms with Gasteiger partial charge in [0.05, 0.1) is 29.7 Å². The number of carbonyl (C=O) groups is 2. The topological polar surface area (TPSA) is 112 Å². The van der Waals surface area contributed by atoms with E-state index < -0.39 is 12.1 Å². The Morgan fingerprint density at radius 1 is 1.06 bits per heavy atom. The number of anilines is 1. The molecule has 32 heavy (non-hydrogen) atoms. The molecule has 0 saturated heterocycles. The molecule has 1 heterocycles. The van der Waals surface area contributed by atoms with Crippen LogP contribution in [0.1, 0.15) is 31.1 Å². The van der Waals surface area contributed by atoms with Gasteiger partial charge in [-0.1, -0.05) is 0 Å². The molecule has 0 spiro atoms. The van der Waals surface area contributed by atoms with Crippen LogP contribution in [0.3, 0.4) is 0 Å². The fourth-order valence-electron chi connectivity index (χ4n) is 3.44. The number of esters is 1. The van der Waals surface area contributed by atoms with Crippen LogP contribution in [-0.2, 0) is 22.6 Å². The first-order valence-electron chi connectivity index (χ1n) is 10.4. The molecule has 1 unspecified atom stereocenters. The van der Waals surface area contributed by atoms with Gasteiger partial charge in [-0.25, -0.2) is 9.59 Å². The minimum absolute atomic E-state index is 0.00140. The molecule has 2 aromatic carbocycles. The van der Waals surface area contributed by atoms with E-state index in [9.17, 15) is 19.5 Å². The van der Waals surface area contributed by atoms with E-state index in [1.165, 1.54) is 11.5 Å². The Morgan fingerprint density at radius 3 is 2.41 bits per heavy atom. The summed E-state index contributed by atoms with van der Waals surface area (Å²) in [6, 6.07) is 11.7. The van der Waals surface area contributed by atoms with Gasteiger partial charge < -0.3 is 19.9 Å². The zero-order valence-corrected chi connectivity index (χ0v) is 18.3. The second kappa shape index (κ2) is 10.1. The van der Waals surface area contributed by atoms with Crippen molar-refractivity contribution >= 4 is 28.6 Å². The Kier molecular flexibility index (Phi) is 7.32. The number of nitrogens with zero attached hydrogens (tertiary/aromatic N) is 2. The lowest BCUT2D eigenvalue weighted by atomic mass is 10.2. The molecule has 2 N–H and O–H groups in total. The quantitative estimate of drug-likeness (QED) is 0.493. The zero-order chi connectivity index (χ0) is 23.3. The fourth-order valence-corrected chi connectivity index (χ4v) is 3.44. The van der Waals surface area contributed by atoms with Crippen molar-refractivity contribution in [1.82, 2.24) is 9.13 Å². The number of imidazole rings is 1. The van der Waals surface area contributed by atoms with Gasteiger partial charge in [-0.2, -0.15) is 0 Å². The maximum atomic E-state index is 12.9. The van der Waals surface area contributed by atoms with Crippen molar-refractivity contribution in [3.05, 3.63) is 58.5 Å². The molecule has 0 bridgehead atoms. The van der Waals surface area contributed by atoms with Gasteiger partial charge in [0.15, 0.2) is 0 Å². The van der Waals surface area contributed by atoms with Crippen molar-refractivity contribution in [3.8, 4) is 5.75 Å². The molecule has 1 aromatic heterocycles. The summed E-state index contributed by atoms with van der Waals surface area (Å²) in [4.78, 5) is 36.1. The first-order chi connectivity index (χ1) is 15.3. The Hall–Kier alpha value is -3.59. The maximum Gasteiger partial charge on any atom is 0.338 e. The number of nitrogens with one attached hydrogen (secondary N) is 1. The minimum Gasteiger partial charge on any atom is -0.491 e. The second-order valence-corrected chi connectivity index (χ2v) is 7.23. The molecule has 1 amide bonds. The number of aryl methyl sites for hydroxylation is 1. The molecule has 3 aromatic rings. The molecule has 0 aliphatic heterocycles. The highest BCUT2D eigenvalue weighted by Crippen LogP contribution is 2.18. The Morgan fingerprint density at radius 2 is 1.78 bits per heavy atom. The van der Waals surface area contributed by atoms with Crippen LogP contribution in [0.5, 0.6) is 5.75 Å². The summed E-state index contributed by atoms with van der Waals surface area (Å²) in [6.45, 7) is 5.67. The molecular weight excluding hydrogens is 414 g/mol. The van der Waals surface area contributed by atoms with E-state index in [1.807, 2.05) is 6.92 Å². The van der Waals surface area contributed by atoms with Crippen LogP contribution in [0.15, 0.2) is 47.3 Å². The van der Waals surface area contributed by atoms with Gasteiger partial charge in [0.2, 0.25) is 5.91 Å². The van der Waals surface area contributed by atoms with Crippen LogP contribution in [0.25, 0.3) is 11.0 Å². The number of aliphatic hydroxyl groups is 1. The summed E-state index contributed by atoms with van der Waals surface area (Å²) < 4.78 is 13.7. The van der Waals surface area contributed by atoms with Gasteiger partial charge in [-0.3, -0.25) is 13.9 Å². The van der Waals surface area contributed by atoms with Gasteiger partial charge >= 0.3 is 11.7 Å². The first-order valence-corrected chi connectivity index (χ1v) is 10.4. The van der Waals surface area contributed by atoms with Crippen molar-refractivity contribution in [3.63, 3.8) is 0 Å². The normalized spacial score (nSPS) is 11.9. The number of carbonyl (C=O) groups excluding carboxylic acids is 2. The number of ether oxygens (including phenoxy) is 2. The van der Waals surface area contributed by atoms with Gasteiger partial charge in [0.25, 0.3) is 0 Å². The van der Waals surface area contributed by atoms with Crippen LogP contribution in [0, 0.1) is 0 Å². The maximum absolute atomic E-state index is 12.9. The van der Waals surface area contributed by atoms with Crippen LogP contribution in [0.4, 0.5) is 5.69 Å². The fraction of sp³-hybridized carbons (Fsp3) is 0.348. The second-order valence-electron chi connectivity index (χ2n) is 7.23. The molecule has 1 atom stereocenters. The molecule has 9 heteroatoms. The summed E-state index contributed by atoms with van der Waals surface area (Å²) in [5.74, 6) is -0.118. The summed E-state index contributed by atoms with van der Waals surface area (Å²) in [6.07, 6.45) is -0.968. The van der Waals surface area contributed by atoms with E-state index in [0.717, 1.165) is 0 Å². The third-order valence-electron chi connectivity index (χ3n) is 4.86. The third-order valence-corrected chi connectivity index (χ3v) is 4.86. The average Bonchev–Trinajstić information content (AvgIpc) is 3.03. The number of amides is 1. The summed E-state index contributed by atoms with van der Waals surface area (Å²) >= 11 is 0. The minimum atomic E-state index is -0.968. The molecule has 0 fully saturated rings. The lowest BCUT2D eigenvalue weighted by molar-refractivity contribution is -0.114. The van der Waals surface area contributed by atoms with E-state index in [0.29, 0.717) is 34.6 Å². The summed E-state index contributed by atoms with van der Waals surface area (Å²) in [7, 11) is 0. The SMILES string of the molecule is CCOC(=O)c1ccc2c(c1)n(CC(O)COc1ccc(NC(C)=O)cc1)c(=O)n2CC. The van der Waals surface area contributed by atoms with Crippen molar-refractivity contribution in [2.24, 2.45) is 0 Å². The molecule has 0 aliphatic rings. The van der Waals surface area contributed by atoms with Gasteiger partial charge in [0, 0.05) is 19.2 Å². The van der Waals surface area contributed by atoms with Crippen molar-refractivity contribution in [2.75, 3.05) is 18.5 Å². The number of aromatic nitrogens is 2. The van der Waals surface area contributed by atoms with Crippen molar-refractivity contribution in [2.45, 2.75) is 40.0 Å². The van der Waals surface area contributed by atoms with E-state index in [4.69, 9.17) is 9.47 Å². The number of aliphatic hydroxyl groups excluding tert-OH is 1. The van der Waals surface area contributed by atoms with Crippen molar-refractivity contribution < 1.29 is 24.2 Å². The van der Waals surface area contributed by atoms with Crippen LogP contribution in [-0.4, -0.2) is 45.4 Å². The monoisotopic (exact) mass is 441 g/mol. The van der Waals surface area contributed by atoms with Crippen LogP contribution < -0.4 is 15.7 Å². The van der Waals surface area contributed by atoms with E-state index in [2.05, 4.69) is 5.32 Å². The van der Waals surface area contributed by atoms with Gasteiger partial charge in [-0.05, 0) is 56.3 Å². The standard InChI is InChI=1S/C23H27N3O6/c1-4-25-20-11-6-16(22(29)31-5-2)12-21(20)26(23(25)30)13-18(28)14-32-19-9-7-17(8-10-19)24-15(3)27/h6-12,18,28H,4-5,13-14H2,1-3H3,(H,24,27). The zero-order valence-electron chi connectivity index (χ0n) is 18.3. The molecule has 0 aliphatic carbocycles. The Bertz CT molecular complexity index is 1160. The number of hydrogen-bond acceptors (Lipinski definition) is 6. The Labute approximate surface area is 185 Å². The predicted octanol–water partition coefficient (Wildman–Crippen LogP) is 2.40. The van der Waals surface area contributed by atoms with E-state index in [1.54, 1.807) is 54.0 Å². The highest BCUT2D eigenvalue weighted by Gasteiger charge is 2.18. The molecule has 170 valence electrons. The summed E-state index contributed by atoms with van der Waals surface area (Å²) in [5, 5.41) is 13.2. The highest BCUT2D eigenvalue weighted by atomic mass is 16.5. The molecular formula is C23H27N3O6. The smallest absolute Gasteiger partial charge is 0.338 e. The lowest BCUT2D eigenvalue weighted by Crippen LogP contribution is -2.31. The van der Waals surface area contributed by atoms with Gasteiger partial charge in [-0.15, -0.1) is 0 Å². The third kappa shape index (κ3) is 5.17. The van der Waals surface area contributed by atoms with Crippen molar-refractivity contribution in [1.29, 1.82) is 0 Å². The van der Waals surface area contributed by atoms with E-state index >= 15 is 0 Å². The van der Waals surface area contributed by atoms with Crippen LogP contribution in [0.2, 0.25) is 0 Å². The molecule has 9 nitrogen and oxygen atoms in total. The van der Waals surface area contributed by atoms with Gasteiger partial charge in [0.1, 0.15) is 18.5 Å². The summed E-state index contributed by atoms with van der Waals surface area (Å²) in [5.41, 5.74) is 1.92. The van der Waals surface area contributed by atoms with Crippen LogP contribution >= 0.6 is 0 Å². The molecule has 0 radical (unpaired) electrons. The average molecular weight is 441 g/mol. The lowest BCUT2D eigenvalue weighted by Gasteiger charge is -2.14. The predicted molar refractivity (Wildman–Crippen MR) is 120 cm³/mol. The molecule has 0 saturated carbocycles. The largest absolute Gasteiger partial charge is 0.491 e.